The maximum atomic E-state index is 12.7. The Bertz CT molecular complexity index is 878. The van der Waals surface area contributed by atoms with Gasteiger partial charge < -0.3 is 9.47 Å². The molecule has 0 bridgehead atoms. The van der Waals surface area contributed by atoms with Crippen molar-refractivity contribution in [1.29, 1.82) is 0 Å². The first kappa shape index (κ1) is 20.6. The molecular weight excluding hydrogens is 370 g/mol. The Kier molecular flexibility index (Phi) is 7.09. The van der Waals surface area contributed by atoms with Crippen LogP contribution in [0.1, 0.15) is 22.8 Å². The third kappa shape index (κ3) is 5.63. The van der Waals surface area contributed by atoms with E-state index >= 15 is 0 Å². The molecule has 144 valence electrons. The summed E-state index contributed by atoms with van der Waals surface area (Å²) < 4.78 is 37.3. The maximum absolute atomic E-state index is 12.7. The van der Waals surface area contributed by atoms with Crippen molar-refractivity contribution in [2.45, 2.75) is 24.3 Å². The van der Waals surface area contributed by atoms with Gasteiger partial charge in [0.1, 0.15) is 6.04 Å². The fourth-order valence-corrected chi connectivity index (χ4v) is 3.59. The number of methoxy groups -OCH3 is 1. The monoisotopic (exact) mass is 391 g/mol. The van der Waals surface area contributed by atoms with E-state index < -0.39 is 28.0 Å². The Balaban J connectivity index is 2.23. The van der Waals surface area contributed by atoms with Gasteiger partial charge in [0, 0.05) is 0 Å². The summed E-state index contributed by atoms with van der Waals surface area (Å²) in [6.45, 7) is 1.79. The molecular formula is C19H21NO6S. The second-order valence-corrected chi connectivity index (χ2v) is 7.35. The molecule has 1 N–H and O–H groups in total. The topological polar surface area (TPSA) is 98.8 Å². The summed E-state index contributed by atoms with van der Waals surface area (Å²) >= 11 is 0. The number of benzene rings is 2. The van der Waals surface area contributed by atoms with Crippen LogP contribution in [0.15, 0.2) is 59.5 Å². The molecule has 0 fully saturated rings. The van der Waals surface area contributed by atoms with Crippen LogP contribution in [0.3, 0.4) is 0 Å². The van der Waals surface area contributed by atoms with Gasteiger partial charge in [0.15, 0.2) is 0 Å². The third-order valence-corrected chi connectivity index (χ3v) is 5.22. The van der Waals surface area contributed by atoms with Crippen LogP contribution in [0.4, 0.5) is 0 Å². The van der Waals surface area contributed by atoms with Gasteiger partial charge in [-0.2, -0.15) is 4.72 Å². The molecule has 0 radical (unpaired) electrons. The Morgan fingerprint density at radius 3 is 2.22 bits per heavy atom. The lowest BCUT2D eigenvalue weighted by molar-refractivity contribution is -0.145. The van der Waals surface area contributed by atoms with Crippen LogP contribution >= 0.6 is 0 Å². The Morgan fingerprint density at radius 2 is 1.67 bits per heavy atom. The number of sulfonamides is 1. The van der Waals surface area contributed by atoms with Gasteiger partial charge in [-0.1, -0.05) is 30.3 Å². The van der Waals surface area contributed by atoms with Crippen LogP contribution in [0.25, 0.3) is 0 Å². The molecule has 7 nitrogen and oxygen atoms in total. The number of hydrogen-bond donors (Lipinski definition) is 1. The van der Waals surface area contributed by atoms with Gasteiger partial charge in [-0.25, -0.2) is 13.2 Å². The fourth-order valence-electron chi connectivity index (χ4n) is 2.41. The predicted molar refractivity (Wildman–Crippen MR) is 98.7 cm³/mol. The molecule has 0 aromatic heterocycles. The average molecular weight is 391 g/mol. The summed E-state index contributed by atoms with van der Waals surface area (Å²) in [5.74, 6) is -1.23. The first-order valence-electron chi connectivity index (χ1n) is 8.28. The molecule has 0 saturated heterocycles. The summed E-state index contributed by atoms with van der Waals surface area (Å²) in [7, 11) is -2.76. The summed E-state index contributed by atoms with van der Waals surface area (Å²) in [5.41, 5.74) is 1.02. The second-order valence-electron chi connectivity index (χ2n) is 5.63. The fraction of sp³-hybridized carbons (Fsp3) is 0.263. The molecule has 0 amide bonds. The zero-order valence-electron chi connectivity index (χ0n) is 15.0. The van der Waals surface area contributed by atoms with E-state index in [1.807, 2.05) is 6.07 Å². The summed E-state index contributed by atoms with van der Waals surface area (Å²) in [6, 6.07) is 13.2. The van der Waals surface area contributed by atoms with Crippen molar-refractivity contribution >= 4 is 22.0 Å². The molecule has 1 atom stereocenters. The van der Waals surface area contributed by atoms with E-state index in [2.05, 4.69) is 9.46 Å². The SMILES string of the molecule is CCOC(=O)C(Cc1ccccc1)NS(=O)(=O)c1ccc(C(=O)OC)cc1. The van der Waals surface area contributed by atoms with Gasteiger partial charge in [0.05, 0.1) is 24.2 Å². The Morgan fingerprint density at radius 1 is 1.04 bits per heavy atom. The van der Waals surface area contributed by atoms with Crippen molar-refractivity contribution in [2.24, 2.45) is 0 Å². The highest BCUT2D eigenvalue weighted by molar-refractivity contribution is 7.89. The number of hydrogen-bond acceptors (Lipinski definition) is 6. The predicted octanol–water partition coefficient (Wildman–Crippen LogP) is 1.93. The van der Waals surface area contributed by atoms with E-state index in [1.165, 1.54) is 31.4 Å². The van der Waals surface area contributed by atoms with Gasteiger partial charge in [-0.15, -0.1) is 0 Å². The summed E-state index contributed by atoms with van der Waals surface area (Å²) in [6.07, 6.45) is 0.152. The van der Waals surface area contributed by atoms with Crippen LogP contribution < -0.4 is 4.72 Å². The molecule has 0 aliphatic rings. The molecule has 0 spiro atoms. The van der Waals surface area contributed by atoms with E-state index in [0.29, 0.717) is 0 Å². The molecule has 0 aliphatic heterocycles. The van der Waals surface area contributed by atoms with Crippen molar-refractivity contribution < 1.29 is 27.5 Å². The van der Waals surface area contributed by atoms with Gasteiger partial charge in [0.2, 0.25) is 10.0 Å². The second kappa shape index (κ2) is 9.29. The molecule has 2 aromatic carbocycles. The summed E-state index contributed by atoms with van der Waals surface area (Å²) in [5, 5.41) is 0. The minimum atomic E-state index is -4.00. The van der Waals surface area contributed by atoms with Crippen LogP contribution in [0, 0.1) is 0 Å². The number of carbonyl (C=O) groups excluding carboxylic acids is 2. The lowest BCUT2D eigenvalue weighted by Gasteiger charge is -2.17. The van der Waals surface area contributed by atoms with Crippen molar-refractivity contribution in [3.05, 3.63) is 65.7 Å². The minimum Gasteiger partial charge on any atom is -0.465 e. The van der Waals surface area contributed by atoms with E-state index in [9.17, 15) is 18.0 Å². The van der Waals surface area contributed by atoms with E-state index in [4.69, 9.17) is 4.74 Å². The smallest absolute Gasteiger partial charge is 0.337 e. The van der Waals surface area contributed by atoms with E-state index in [-0.39, 0.29) is 23.5 Å². The molecule has 0 aliphatic carbocycles. The zero-order chi connectivity index (χ0) is 19.9. The maximum Gasteiger partial charge on any atom is 0.337 e. The highest BCUT2D eigenvalue weighted by Crippen LogP contribution is 2.14. The number of nitrogens with one attached hydrogen (secondary N) is 1. The first-order chi connectivity index (χ1) is 12.9. The van der Waals surface area contributed by atoms with Crippen molar-refractivity contribution in [1.82, 2.24) is 4.72 Å². The molecule has 0 heterocycles. The molecule has 2 aromatic rings. The number of carbonyl (C=O) groups is 2. The average Bonchev–Trinajstić information content (AvgIpc) is 2.68. The van der Waals surface area contributed by atoms with Gasteiger partial charge in [-0.05, 0) is 43.2 Å². The largest absolute Gasteiger partial charge is 0.465 e. The quantitative estimate of drug-likeness (QED) is 0.691. The lowest BCUT2D eigenvalue weighted by Crippen LogP contribution is -2.43. The highest BCUT2D eigenvalue weighted by atomic mass is 32.2. The molecule has 8 heteroatoms. The van der Waals surface area contributed by atoms with Crippen LogP contribution in [-0.4, -0.2) is 40.1 Å². The zero-order valence-corrected chi connectivity index (χ0v) is 15.9. The van der Waals surface area contributed by atoms with Gasteiger partial charge >= 0.3 is 11.9 Å². The number of rotatable bonds is 8. The molecule has 27 heavy (non-hydrogen) atoms. The minimum absolute atomic E-state index is 0.0717. The van der Waals surface area contributed by atoms with E-state index in [0.717, 1.165) is 5.56 Å². The van der Waals surface area contributed by atoms with Crippen molar-refractivity contribution in [3.8, 4) is 0 Å². The highest BCUT2D eigenvalue weighted by Gasteiger charge is 2.27. The molecule has 1 unspecified atom stereocenters. The van der Waals surface area contributed by atoms with E-state index in [1.54, 1.807) is 31.2 Å². The van der Waals surface area contributed by atoms with Crippen molar-refractivity contribution in [2.75, 3.05) is 13.7 Å². The van der Waals surface area contributed by atoms with Gasteiger partial charge in [0.25, 0.3) is 0 Å². The number of ether oxygens (including phenoxy) is 2. The number of esters is 2. The first-order valence-corrected chi connectivity index (χ1v) is 9.77. The Hall–Kier alpha value is -2.71. The molecule has 0 saturated carbocycles. The molecule has 2 rings (SSSR count). The standard InChI is InChI=1S/C19H21NO6S/c1-3-26-19(22)17(13-14-7-5-4-6-8-14)20-27(23,24)16-11-9-15(10-12-16)18(21)25-2/h4-12,17,20H,3,13H2,1-2H3. The lowest BCUT2D eigenvalue weighted by atomic mass is 10.1. The van der Waals surface area contributed by atoms with Crippen LogP contribution in [0.5, 0.6) is 0 Å². The van der Waals surface area contributed by atoms with Crippen molar-refractivity contribution in [3.63, 3.8) is 0 Å². The van der Waals surface area contributed by atoms with Gasteiger partial charge in [-0.3, -0.25) is 4.79 Å². The third-order valence-electron chi connectivity index (χ3n) is 3.74. The summed E-state index contributed by atoms with van der Waals surface area (Å²) in [4.78, 5) is 23.6. The normalized spacial score (nSPS) is 12.2. The van der Waals surface area contributed by atoms with Crippen LogP contribution in [0.2, 0.25) is 0 Å². The Labute approximate surface area is 158 Å². The van der Waals surface area contributed by atoms with Crippen LogP contribution in [-0.2, 0) is 30.7 Å².